The minimum atomic E-state index is 0.221. The Morgan fingerprint density at radius 2 is 1.77 bits per heavy atom. The van der Waals surface area contributed by atoms with Gasteiger partial charge >= 0.3 is 0 Å². The minimum Gasteiger partial charge on any atom is -0.341 e. The summed E-state index contributed by atoms with van der Waals surface area (Å²) in [5.41, 5.74) is 1.90. The highest BCUT2D eigenvalue weighted by molar-refractivity contribution is 8.00. The number of rotatable bonds is 5. The second kappa shape index (κ2) is 9.42. The third-order valence-corrected chi connectivity index (χ3v) is 5.53. The first-order chi connectivity index (χ1) is 12.7. The minimum absolute atomic E-state index is 0.221. The van der Waals surface area contributed by atoms with Crippen LogP contribution >= 0.6 is 11.8 Å². The van der Waals surface area contributed by atoms with Gasteiger partial charge in [-0.2, -0.15) is 5.26 Å². The van der Waals surface area contributed by atoms with E-state index in [1.54, 1.807) is 11.8 Å². The standard InChI is InChI=1S/C21H23N3OS/c22-15-18-7-9-19(10-8-18)16-23-11-4-12-24(14-13-23)21(25)17-26-20-5-2-1-3-6-20/h1-3,5-10H,4,11-14,16-17H2. The summed E-state index contributed by atoms with van der Waals surface area (Å²) in [6.45, 7) is 4.37. The first-order valence-corrected chi connectivity index (χ1v) is 9.90. The molecular formula is C21H23N3OS. The van der Waals surface area contributed by atoms with Crippen LogP contribution in [-0.4, -0.2) is 47.6 Å². The number of amides is 1. The lowest BCUT2D eigenvalue weighted by Gasteiger charge is -2.22. The van der Waals surface area contributed by atoms with Gasteiger partial charge in [0, 0.05) is 37.6 Å². The first-order valence-electron chi connectivity index (χ1n) is 8.91. The second-order valence-electron chi connectivity index (χ2n) is 6.42. The molecule has 0 radical (unpaired) electrons. The fourth-order valence-electron chi connectivity index (χ4n) is 3.07. The highest BCUT2D eigenvalue weighted by Crippen LogP contribution is 2.18. The van der Waals surface area contributed by atoms with E-state index in [4.69, 9.17) is 5.26 Å². The average Bonchev–Trinajstić information content (AvgIpc) is 2.93. The van der Waals surface area contributed by atoms with E-state index in [9.17, 15) is 4.79 Å². The Bertz CT molecular complexity index is 755. The van der Waals surface area contributed by atoms with E-state index >= 15 is 0 Å². The number of hydrogen-bond donors (Lipinski definition) is 0. The van der Waals surface area contributed by atoms with Gasteiger partial charge < -0.3 is 4.90 Å². The Hall–Kier alpha value is -2.29. The van der Waals surface area contributed by atoms with Crippen molar-refractivity contribution in [3.05, 3.63) is 65.7 Å². The van der Waals surface area contributed by atoms with Gasteiger partial charge in [-0.25, -0.2) is 0 Å². The molecule has 0 N–H and O–H groups in total. The van der Waals surface area contributed by atoms with E-state index in [1.807, 2.05) is 59.5 Å². The largest absolute Gasteiger partial charge is 0.341 e. The van der Waals surface area contributed by atoms with Crippen molar-refractivity contribution in [1.82, 2.24) is 9.80 Å². The molecule has 0 bridgehead atoms. The van der Waals surface area contributed by atoms with Crippen LogP contribution in [0.3, 0.4) is 0 Å². The number of nitrogens with zero attached hydrogens (tertiary/aromatic N) is 3. The van der Waals surface area contributed by atoms with Crippen LogP contribution in [-0.2, 0) is 11.3 Å². The van der Waals surface area contributed by atoms with Gasteiger partial charge in [-0.15, -0.1) is 11.8 Å². The van der Waals surface area contributed by atoms with Crippen molar-refractivity contribution >= 4 is 17.7 Å². The zero-order chi connectivity index (χ0) is 18.2. The number of carbonyl (C=O) groups excluding carboxylic acids is 1. The Labute approximate surface area is 159 Å². The molecule has 2 aromatic rings. The molecule has 0 atom stereocenters. The third-order valence-electron chi connectivity index (χ3n) is 4.54. The van der Waals surface area contributed by atoms with Crippen LogP contribution in [0.4, 0.5) is 0 Å². The summed E-state index contributed by atoms with van der Waals surface area (Å²) in [7, 11) is 0. The number of carbonyl (C=O) groups is 1. The molecular weight excluding hydrogens is 342 g/mol. The summed E-state index contributed by atoms with van der Waals surface area (Å²) in [4.78, 5) is 18.0. The van der Waals surface area contributed by atoms with Crippen LogP contribution in [0.5, 0.6) is 0 Å². The molecule has 1 aliphatic heterocycles. The van der Waals surface area contributed by atoms with Crippen molar-refractivity contribution in [2.75, 3.05) is 31.9 Å². The van der Waals surface area contributed by atoms with E-state index < -0.39 is 0 Å². The van der Waals surface area contributed by atoms with Gasteiger partial charge in [0.15, 0.2) is 0 Å². The van der Waals surface area contributed by atoms with E-state index in [0.29, 0.717) is 11.3 Å². The maximum atomic E-state index is 12.5. The molecule has 1 saturated heterocycles. The molecule has 1 heterocycles. The van der Waals surface area contributed by atoms with Crippen molar-refractivity contribution in [3.8, 4) is 6.07 Å². The summed E-state index contributed by atoms with van der Waals surface area (Å²) in [6.07, 6.45) is 0.998. The molecule has 1 amide bonds. The van der Waals surface area contributed by atoms with Gasteiger partial charge in [0.2, 0.25) is 5.91 Å². The number of benzene rings is 2. The summed E-state index contributed by atoms with van der Waals surface area (Å²) in [6, 6.07) is 20.0. The highest BCUT2D eigenvalue weighted by atomic mass is 32.2. The van der Waals surface area contributed by atoms with Crippen LogP contribution in [0, 0.1) is 11.3 Å². The molecule has 134 valence electrons. The van der Waals surface area contributed by atoms with E-state index in [-0.39, 0.29) is 5.91 Å². The molecule has 1 aliphatic rings. The molecule has 26 heavy (non-hydrogen) atoms. The molecule has 0 unspecified atom stereocenters. The Kier molecular flexibility index (Phi) is 6.70. The van der Waals surface area contributed by atoms with E-state index in [0.717, 1.165) is 44.0 Å². The summed E-state index contributed by atoms with van der Waals surface area (Å²) < 4.78 is 0. The van der Waals surface area contributed by atoms with Crippen LogP contribution in [0.2, 0.25) is 0 Å². The van der Waals surface area contributed by atoms with Crippen molar-refractivity contribution in [3.63, 3.8) is 0 Å². The smallest absolute Gasteiger partial charge is 0.232 e. The number of nitriles is 1. The van der Waals surface area contributed by atoms with Crippen LogP contribution in [0.1, 0.15) is 17.5 Å². The first kappa shape index (κ1) is 18.5. The highest BCUT2D eigenvalue weighted by Gasteiger charge is 2.19. The van der Waals surface area contributed by atoms with Crippen molar-refractivity contribution in [2.45, 2.75) is 17.9 Å². The lowest BCUT2D eigenvalue weighted by atomic mass is 10.1. The molecule has 5 heteroatoms. The molecule has 0 aromatic heterocycles. The van der Waals surface area contributed by atoms with E-state index in [2.05, 4.69) is 11.0 Å². The molecule has 0 spiro atoms. The summed E-state index contributed by atoms with van der Waals surface area (Å²) in [5.74, 6) is 0.721. The topological polar surface area (TPSA) is 47.3 Å². The normalized spacial score (nSPS) is 15.3. The van der Waals surface area contributed by atoms with Crippen LogP contribution in [0.15, 0.2) is 59.5 Å². The SMILES string of the molecule is N#Cc1ccc(CN2CCCN(C(=O)CSc3ccccc3)CC2)cc1. The molecule has 0 saturated carbocycles. The zero-order valence-electron chi connectivity index (χ0n) is 14.8. The zero-order valence-corrected chi connectivity index (χ0v) is 15.6. The van der Waals surface area contributed by atoms with Gasteiger partial charge in [0.25, 0.3) is 0 Å². The van der Waals surface area contributed by atoms with Gasteiger partial charge in [0.1, 0.15) is 0 Å². The lowest BCUT2D eigenvalue weighted by Crippen LogP contribution is -2.36. The molecule has 2 aromatic carbocycles. The summed E-state index contributed by atoms with van der Waals surface area (Å²) >= 11 is 1.60. The van der Waals surface area contributed by atoms with Crippen molar-refractivity contribution in [1.29, 1.82) is 5.26 Å². The van der Waals surface area contributed by atoms with Crippen molar-refractivity contribution in [2.24, 2.45) is 0 Å². The Morgan fingerprint density at radius 1 is 1.00 bits per heavy atom. The molecule has 3 rings (SSSR count). The number of thioether (sulfide) groups is 1. The van der Waals surface area contributed by atoms with Crippen LogP contribution in [0.25, 0.3) is 0 Å². The Morgan fingerprint density at radius 3 is 2.50 bits per heavy atom. The fourth-order valence-corrected chi connectivity index (χ4v) is 3.90. The van der Waals surface area contributed by atoms with Gasteiger partial charge in [0.05, 0.1) is 17.4 Å². The number of hydrogen-bond acceptors (Lipinski definition) is 4. The maximum absolute atomic E-state index is 12.5. The Balaban J connectivity index is 1.47. The second-order valence-corrected chi connectivity index (χ2v) is 7.47. The van der Waals surface area contributed by atoms with Gasteiger partial charge in [-0.05, 0) is 36.2 Å². The molecule has 0 aliphatic carbocycles. The average molecular weight is 366 g/mol. The van der Waals surface area contributed by atoms with Gasteiger partial charge in [-0.3, -0.25) is 9.69 Å². The van der Waals surface area contributed by atoms with Gasteiger partial charge in [-0.1, -0.05) is 30.3 Å². The van der Waals surface area contributed by atoms with Crippen LogP contribution < -0.4 is 0 Å². The molecule has 1 fully saturated rings. The molecule has 4 nitrogen and oxygen atoms in total. The fraction of sp³-hybridized carbons (Fsp3) is 0.333. The van der Waals surface area contributed by atoms with E-state index in [1.165, 1.54) is 5.56 Å². The third kappa shape index (κ3) is 5.35. The summed E-state index contributed by atoms with van der Waals surface area (Å²) in [5, 5.41) is 8.89. The predicted octanol–water partition coefficient (Wildman–Crippen LogP) is 3.38. The maximum Gasteiger partial charge on any atom is 0.232 e. The monoisotopic (exact) mass is 365 g/mol. The predicted molar refractivity (Wildman–Crippen MR) is 105 cm³/mol. The lowest BCUT2D eigenvalue weighted by molar-refractivity contribution is -0.128. The quantitative estimate of drug-likeness (QED) is 0.762. The van der Waals surface area contributed by atoms with Crippen molar-refractivity contribution < 1.29 is 4.79 Å².